The molecule has 0 spiro atoms. The summed E-state index contributed by atoms with van der Waals surface area (Å²) in [6.45, 7) is 7.97. The maximum atomic E-state index is 11.8. The molecule has 0 N–H and O–H groups in total. The molecule has 0 saturated heterocycles. The molecule has 0 atom stereocenters. The Hall–Kier alpha value is -2.49. The SMILES string of the molecule is C=C(C)C(=O)OCCc1ccnc(-c2ccccn2)c1CCCCCCCCCCCCCCCC. The fourth-order valence-electron chi connectivity index (χ4n) is 4.64. The molecule has 0 amide bonds. The summed E-state index contributed by atoms with van der Waals surface area (Å²) in [4.78, 5) is 21.0. The zero-order valence-corrected chi connectivity index (χ0v) is 22.9. The van der Waals surface area contributed by atoms with Crippen LogP contribution in [0.2, 0.25) is 0 Å². The lowest BCUT2D eigenvalue weighted by Gasteiger charge is -2.14. The first kappa shape index (κ1) is 29.7. The van der Waals surface area contributed by atoms with Crippen LogP contribution in [-0.4, -0.2) is 22.5 Å². The van der Waals surface area contributed by atoms with E-state index in [1.54, 1.807) is 6.92 Å². The Morgan fingerprint density at radius 2 is 1.39 bits per heavy atom. The van der Waals surface area contributed by atoms with E-state index in [1.165, 1.54) is 94.6 Å². The van der Waals surface area contributed by atoms with Crippen molar-refractivity contribution in [1.82, 2.24) is 9.97 Å². The highest BCUT2D eigenvalue weighted by atomic mass is 16.5. The monoisotopic (exact) mass is 492 g/mol. The third kappa shape index (κ3) is 12.0. The van der Waals surface area contributed by atoms with Gasteiger partial charge in [-0.05, 0) is 49.1 Å². The highest BCUT2D eigenvalue weighted by Crippen LogP contribution is 2.25. The Morgan fingerprint density at radius 1 is 0.778 bits per heavy atom. The molecule has 2 aromatic rings. The predicted molar refractivity (Wildman–Crippen MR) is 151 cm³/mol. The van der Waals surface area contributed by atoms with Crippen LogP contribution in [0.3, 0.4) is 0 Å². The molecule has 0 fully saturated rings. The summed E-state index contributed by atoms with van der Waals surface area (Å²) in [7, 11) is 0. The van der Waals surface area contributed by atoms with Crippen molar-refractivity contribution >= 4 is 5.97 Å². The van der Waals surface area contributed by atoms with Crippen LogP contribution in [0, 0.1) is 0 Å². The van der Waals surface area contributed by atoms with Gasteiger partial charge in [0, 0.05) is 24.4 Å². The van der Waals surface area contributed by atoms with Crippen molar-refractivity contribution in [3.8, 4) is 11.4 Å². The minimum atomic E-state index is -0.331. The summed E-state index contributed by atoms with van der Waals surface area (Å²) in [5.41, 5.74) is 4.71. The quantitative estimate of drug-likeness (QED) is 0.105. The number of hydrogen-bond acceptors (Lipinski definition) is 4. The number of aromatic nitrogens is 2. The number of nitrogens with zero attached hydrogens (tertiary/aromatic N) is 2. The molecule has 2 heterocycles. The lowest BCUT2D eigenvalue weighted by molar-refractivity contribution is -0.138. The van der Waals surface area contributed by atoms with Crippen LogP contribution in [0.25, 0.3) is 11.4 Å². The number of pyridine rings is 2. The van der Waals surface area contributed by atoms with Gasteiger partial charge in [0.2, 0.25) is 0 Å². The van der Waals surface area contributed by atoms with Crippen LogP contribution < -0.4 is 0 Å². The maximum absolute atomic E-state index is 11.8. The Morgan fingerprint density at radius 3 is 1.94 bits per heavy atom. The van der Waals surface area contributed by atoms with Gasteiger partial charge >= 0.3 is 5.97 Å². The fourth-order valence-corrected chi connectivity index (χ4v) is 4.64. The van der Waals surface area contributed by atoms with Crippen molar-refractivity contribution in [3.63, 3.8) is 0 Å². The minimum absolute atomic E-state index is 0.331. The Bertz CT molecular complexity index is 879. The van der Waals surface area contributed by atoms with Crippen molar-refractivity contribution in [2.75, 3.05) is 6.61 Å². The van der Waals surface area contributed by atoms with Crippen molar-refractivity contribution < 1.29 is 9.53 Å². The molecule has 2 rings (SSSR count). The number of carbonyl (C=O) groups is 1. The molecule has 4 nitrogen and oxygen atoms in total. The number of esters is 1. The molecule has 0 radical (unpaired) electrons. The largest absolute Gasteiger partial charge is 0.462 e. The van der Waals surface area contributed by atoms with E-state index in [2.05, 4.69) is 29.5 Å². The molecule has 0 aromatic carbocycles. The van der Waals surface area contributed by atoms with Crippen molar-refractivity contribution in [1.29, 1.82) is 0 Å². The molecule has 0 bridgehead atoms. The van der Waals surface area contributed by atoms with Crippen molar-refractivity contribution in [3.05, 3.63) is 59.9 Å². The van der Waals surface area contributed by atoms with E-state index in [9.17, 15) is 4.79 Å². The van der Waals surface area contributed by atoms with E-state index >= 15 is 0 Å². The average molecular weight is 493 g/mol. The number of rotatable bonds is 20. The normalized spacial score (nSPS) is 10.9. The zero-order valence-electron chi connectivity index (χ0n) is 22.9. The molecule has 36 heavy (non-hydrogen) atoms. The first-order valence-electron chi connectivity index (χ1n) is 14.3. The van der Waals surface area contributed by atoms with Gasteiger partial charge in [-0.25, -0.2) is 4.79 Å². The van der Waals surface area contributed by atoms with Gasteiger partial charge in [0.15, 0.2) is 0 Å². The highest BCUT2D eigenvalue weighted by Gasteiger charge is 2.13. The summed E-state index contributed by atoms with van der Waals surface area (Å²) in [5, 5.41) is 0. The van der Waals surface area contributed by atoms with E-state index in [1.807, 2.05) is 30.6 Å². The molecular weight excluding hydrogens is 444 g/mol. The van der Waals surface area contributed by atoms with E-state index < -0.39 is 0 Å². The molecule has 0 saturated carbocycles. The Kier molecular flexibility index (Phi) is 15.5. The van der Waals surface area contributed by atoms with Gasteiger partial charge in [0.05, 0.1) is 18.0 Å². The third-order valence-corrected chi connectivity index (χ3v) is 6.79. The van der Waals surface area contributed by atoms with E-state index in [0.29, 0.717) is 18.6 Å². The maximum Gasteiger partial charge on any atom is 0.333 e. The fraction of sp³-hybridized carbons (Fsp3) is 0.594. The van der Waals surface area contributed by atoms with Gasteiger partial charge in [-0.15, -0.1) is 0 Å². The first-order chi connectivity index (χ1) is 17.6. The van der Waals surface area contributed by atoms with Crippen LogP contribution in [0.1, 0.15) is 115 Å². The molecular formula is C32H48N2O2. The van der Waals surface area contributed by atoms with E-state index in [4.69, 9.17) is 4.74 Å². The molecule has 2 aromatic heterocycles. The van der Waals surface area contributed by atoms with E-state index in [-0.39, 0.29) is 5.97 Å². The summed E-state index contributed by atoms with van der Waals surface area (Å²) >= 11 is 0. The number of hydrogen-bond donors (Lipinski definition) is 0. The van der Waals surface area contributed by atoms with Crippen molar-refractivity contribution in [2.24, 2.45) is 0 Å². The van der Waals surface area contributed by atoms with Crippen molar-refractivity contribution in [2.45, 2.75) is 117 Å². The molecule has 0 aliphatic heterocycles. The van der Waals surface area contributed by atoms with Gasteiger partial charge in [0.1, 0.15) is 0 Å². The number of carbonyl (C=O) groups excluding carboxylic acids is 1. The molecule has 0 aliphatic carbocycles. The average Bonchev–Trinajstić information content (AvgIpc) is 2.89. The highest BCUT2D eigenvalue weighted by molar-refractivity contribution is 5.86. The molecule has 0 unspecified atom stereocenters. The van der Waals surface area contributed by atoms with Gasteiger partial charge in [-0.3, -0.25) is 9.97 Å². The lowest BCUT2D eigenvalue weighted by atomic mass is 9.96. The second-order valence-corrected chi connectivity index (χ2v) is 10.0. The van der Waals surface area contributed by atoms with Crippen LogP contribution in [-0.2, 0) is 22.4 Å². The number of unbranched alkanes of at least 4 members (excludes halogenated alkanes) is 13. The Labute approximate surface area is 220 Å². The second kappa shape index (κ2) is 18.7. The van der Waals surface area contributed by atoms with Gasteiger partial charge in [-0.1, -0.05) is 103 Å². The topological polar surface area (TPSA) is 52.1 Å². The van der Waals surface area contributed by atoms with Crippen LogP contribution in [0.4, 0.5) is 0 Å². The van der Waals surface area contributed by atoms with Gasteiger partial charge in [-0.2, -0.15) is 0 Å². The predicted octanol–water partition coefficient (Wildman–Crippen LogP) is 8.83. The summed E-state index contributed by atoms with van der Waals surface area (Å²) in [6, 6.07) is 8.00. The van der Waals surface area contributed by atoms with Crippen LogP contribution >= 0.6 is 0 Å². The summed E-state index contributed by atoms with van der Waals surface area (Å²) < 4.78 is 5.36. The third-order valence-electron chi connectivity index (χ3n) is 6.79. The smallest absolute Gasteiger partial charge is 0.333 e. The summed E-state index contributed by atoms with van der Waals surface area (Å²) in [5.74, 6) is -0.331. The zero-order chi connectivity index (χ0) is 25.8. The Balaban J connectivity index is 1.75. The second-order valence-electron chi connectivity index (χ2n) is 10.0. The summed E-state index contributed by atoms with van der Waals surface area (Å²) in [6.07, 6.45) is 24.3. The molecule has 198 valence electrons. The van der Waals surface area contributed by atoms with E-state index in [0.717, 1.165) is 24.2 Å². The van der Waals surface area contributed by atoms with Gasteiger partial charge in [0.25, 0.3) is 0 Å². The molecule has 0 aliphatic rings. The lowest BCUT2D eigenvalue weighted by Crippen LogP contribution is -2.10. The van der Waals surface area contributed by atoms with Crippen LogP contribution in [0.5, 0.6) is 0 Å². The molecule has 4 heteroatoms. The van der Waals surface area contributed by atoms with Crippen LogP contribution in [0.15, 0.2) is 48.8 Å². The standard InChI is InChI=1S/C32H48N2O2/c1-4-5-6-7-8-9-10-11-12-13-14-15-16-17-20-29-28(23-26-36-32(35)27(2)3)22-25-34-31(29)30-21-18-19-24-33-30/h18-19,21-22,24-25H,2,4-17,20,23,26H2,1,3H3. The first-order valence-corrected chi connectivity index (χ1v) is 14.3. The minimum Gasteiger partial charge on any atom is -0.462 e. The number of ether oxygens (including phenoxy) is 1. The van der Waals surface area contributed by atoms with Gasteiger partial charge < -0.3 is 4.74 Å².